The minimum Gasteiger partial charge on any atom is -0.206 e. The van der Waals surface area contributed by atoms with Gasteiger partial charge in [0.15, 0.2) is 0 Å². The highest BCUT2D eigenvalue weighted by Crippen LogP contribution is 2.26. The van der Waals surface area contributed by atoms with Crippen molar-refractivity contribution in [3.63, 3.8) is 0 Å². The highest BCUT2D eigenvalue weighted by molar-refractivity contribution is 9.10. The van der Waals surface area contributed by atoms with Crippen LogP contribution in [0.4, 0.5) is 4.39 Å². The molecule has 100 valence electrons. The predicted molar refractivity (Wildman–Crippen MR) is 84.2 cm³/mol. The minimum absolute atomic E-state index is 0.213. The van der Waals surface area contributed by atoms with Crippen LogP contribution in [0.3, 0.4) is 0 Å². The summed E-state index contributed by atoms with van der Waals surface area (Å²) in [6.07, 6.45) is 0. The number of thioether (sulfide) groups is 1. The van der Waals surface area contributed by atoms with Crippen LogP contribution < -0.4 is 0 Å². The van der Waals surface area contributed by atoms with Gasteiger partial charge in [0.05, 0.1) is 4.47 Å². The summed E-state index contributed by atoms with van der Waals surface area (Å²) >= 11 is 4.98. The van der Waals surface area contributed by atoms with Crippen LogP contribution in [0, 0.1) is 5.82 Å². The predicted octanol–water partition coefficient (Wildman–Crippen LogP) is 6.00. The molecule has 0 atom stereocenters. The van der Waals surface area contributed by atoms with E-state index in [1.54, 1.807) is 11.8 Å². The first-order chi connectivity index (χ1) is 9.06. The molecule has 0 aliphatic heterocycles. The standard InChI is InChI=1S/C16H16BrFS/c1-11(2)13-4-6-14(7-5-13)19-10-12-3-8-16(18)15(17)9-12/h3-9,11H,10H2,1-2H3. The Morgan fingerprint density at radius 1 is 1.11 bits per heavy atom. The van der Waals surface area contributed by atoms with Gasteiger partial charge in [-0.15, -0.1) is 11.8 Å². The van der Waals surface area contributed by atoms with Gasteiger partial charge >= 0.3 is 0 Å². The quantitative estimate of drug-likeness (QED) is 0.615. The molecule has 0 fully saturated rings. The molecule has 3 heteroatoms. The zero-order valence-electron chi connectivity index (χ0n) is 11.0. The first-order valence-corrected chi connectivity index (χ1v) is 8.01. The lowest BCUT2D eigenvalue weighted by atomic mass is 10.0. The van der Waals surface area contributed by atoms with Crippen molar-refractivity contribution in [2.24, 2.45) is 0 Å². The Morgan fingerprint density at radius 3 is 2.37 bits per heavy atom. The topological polar surface area (TPSA) is 0 Å². The summed E-state index contributed by atoms with van der Waals surface area (Å²) in [6.45, 7) is 4.39. The fraction of sp³-hybridized carbons (Fsp3) is 0.250. The third kappa shape index (κ3) is 4.08. The second kappa shape index (κ2) is 6.58. The van der Waals surface area contributed by atoms with E-state index in [9.17, 15) is 4.39 Å². The Morgan fingerprint density at radius 2 is 1.79 bits per heavy atom. The molecule has 0 aromatic heterocycles. The molecule has 0 aliphatic rings. The molecule has 0 nitrogen and oxygen atoms in total. The van der Waals surface area contributed by atoms with Gasteiger partial charge in [-0.2, -0.15) is 0 Å². The monoisotopic (exact) mass is 338 g/mol. The van der Waals surface area contributed by atoms with Crippen LogP contribution >= 0.6 is 27.7 Å². The molecule has 0 saturated carbocycles. The minimum atomic E-state index is -0.213. The third-order valence-corrected chi connectivity index (χ3v) is 4.63. The zero-order chi connectivity index (χ0) is 13.8. The largest absolute Gasteiger partial charge is 0.206 e. The van der Waals surface area contributed by atoms with E-state index < -0.39 is 0 Å². The molecule has 2 aromatic carbocycles. The molecule has 0 heterocycles. The molecule has 19 heavy (non-hydrogen) atoms. The van der Waals surface area contributed by atoms with Crippen molar-refractivity contribution < 1.29 is 4.39 Å². The average molecular weight is 339 g/mol. The molecule has 2 rings (SSSR count). The normalized spacial score (nSPS) is 11.0. The van der Waals surface area contributed by atoms with Gasteiger partial charge in [-0.1, -0.05) is 32.0 Å². The number of hydrogen-bond donors (Lipinski definition) is 0. The van der Waals surface area contributed by atoms with Crippen molar-refractivity contribution in [1.82, 2.24) is 0 Å². The Balaban J connectivity index is 2.00. The fourth-order valence-corrected chi connectivity index (χ4v) is 3.01. The maximum absolute atomic E-state index is 13.1. The highest BCUT2D eigenvalue weighted by atomic mass is 79.9. The lowest BCUT2D eigenvalue weighted by Gasteiger charge is -2.07. The van der Waals surface area contributed by atoms with Gasteiger partial charge < -0.3 is 0 Å². The van der Waals surface area contributed by atoms with Crippen LogP contribution in [0.25, 0.3) is 0 Å². The maximum Gasteiger partial charge on any atom is 0.137 e. The lowest BCUT2D eigenvalue weighted by Crippen LogP contribution is -1.87. The van der Waals surface area contributed by atoms with Crippen LogP contribution in [0.1, 0.15) is 30.9 Å². The molecule has 0 radical (unpaired) electrons. The summed E-state index contributed by atoms with van der Waals surface area (Å²) < 4.78 is 13.7. The van der Waals surface area contributed by atoms with Gasteiger partial charge in [0.2, 0.25) is 0 Å². The Labute approximate surface area is 126 Å². The smallest absolute Gasteiger partial charge is 0.137 e. The SMILES string of the molecule is CC(C)c1ccc(SCc2ccc(F)c(Br)c2)cc1. The van der Waals surface area contributed by atoms with Gasteiger partial charge in [0.1, 0.15) is 5.82 Å². The van der Waals surface area contributed by atoms with E-state index in [1.807, 2.05) is 12.1 Å². The van der Waals surface area contributed by atoms with Crippen LogP contribution in [0.5, 0.6) is 0 Å². The molecular weight excluding hydrogens is 323 g/mol. The third-order valence-electron chi connectivity index (χ3n) is 2.94. The second-order valence-corrected chi connectivity index (χ2v) is 6.66. The van der Waals surface area contributed by atoms with Crippen LogP contribution in [-0.2, 0) is 5.75 Å². The summed E-state index contributed by atoms with van der Waals surface area (Å²) in [5.41, 5.74) is 2.47. The Hall–Kier alpha value is -0.800. The number of halogens is 2. The first kappa shape index (κ1) is 14.6. The molecule has 0 amide bonds. The molecule has 0 aliphatic carbocycles. The number of benzene rings is 2. The average Bonchev–Trinajstić information content (AvgIpc) is 2.40. The molecule has 0 spiro atoms. The molecule has 0 N–H and O–H groups in total. The molecule has 0 bridgehead atoms. The molecular formula is C16H16BrFS. The molecule has 0 unspecified atom stereocenters. The van der Waals surface area contributed by atoms with Crippen molar-refractivity contribution in [2.75, 3.05) is 0 Å². The summed E-state index contributed by atoms with van der Waals surface area (Å²) in [4.78, 5) is 1.24. The van der Waals surface area contributed by atoms with E-state index in [-0.39, 0.29) is 5.82 Å². The fourth-order valence-electron chi connectivity index (χ4n) is 1.75. The van der Waals surface area contributed by atoms with Gasteiger partial charge in [0, 0.05) is 10.6 Å². The lowest BCUT2D eigenvalue weighted by molar-refractivity contribution is 0.620. The van der Waals surface area contributed by atoms with Crippen molar-refractivity contribution in [3.05, 3.63) is 63.9 Å². The summed E-state index contributed by atoms with van der Waals surface area (Å²) in [5.74, 6) is 1.20. The maximum atomic E-state index is 13.1. The second-order valence-electron chi connectivity index (χ2n) is 4.76. The van der Waals surface area contributed by atoms with E-state index in [1.165, 1.54) is 16.5 Å². The van der Waals surface area contributed by atoms with E-state index in [4.69, 9.17) is 0 Å². The van der Waals surface area contributed by atoms with Crippen molar-refractivity contribution >= 4 is 27.7 Å². The van der Waals surface area contributed by atoms with Crippen molar-refractivity contribution in [2.45, 2.75) is 30.4 Å². The van der Waals surface area contributed by atoms with Crippen LogP contribution in [-0.4, -0.2) is 0 Å². The van der Waals surface area contributed by atoms with E-state index in [0.717, 1.165) is 11.3 Å². The molecule has 2 aromatic rings. The zero-order valence-corrected chi connectivity index (χ0v) is 13.4. The van der Waals surface area contributed by atoms with Crippen LogP contribution in [0.2, 0.25) is 0 Å². The van der Waals surface area contributed by atoms with Crippen molar-refractivity contribution in [1.29, 1.82) is 0 Å². The van der Waals surface area contributed by atoms with E-state index >= 15 is 0 Å². The van der Waals surface area contributed by atoms with E-state index in [2.05, 4.69) is 54.0 Å². The van der Waals surface area contributed by atoms with Gasteiger partial charge in [-0.3, -0.25) is 0 Å². The molecule has 0 saturated heterocycles. The number of hydrogen-bond acceptors (Lipinski definition) is 1. The summed E-state index contributed by atoms with van der Waals surface area (Å²) in [5, 5.41) is 0. The van der Waals surface area contributed by atoms with Gasteiger partial charge in [-0.25, -0.2) is 4.39 Å². The van der Waals surface area contributed by atoms with Crippen LogP contribution in [0.15, 0.2) is 51.8 Å². The number of rotatable bonds is 4. The van der Waals surface area contributed by atoms with Crippen molar-refractivity contribution in [3.8, 4) is 0 Å². The Bertz CT molecular complexity index is 549. The van der Waals surface area contributed by atoms with E-state index in [0.29, 0.717) is 10.4 Å². The summed E-state index contributed by atoms with van der Waals surface area (Å²) in [6, 6.07) is 13.8. The van der Waals surface area contributed by atoms with Gasteiger partial charge in [0.25, 0.3) is 0 Å². The van der Waals surface area contributed by atoms with Gasteiger partial charge in [-0.05, 0) is 57.2 Å². The first-order valence-electron chi connectivity index (χ1n) is 6.23. The summed E-state index contributed by atoms with van der Waals surface area (Å²) in [7, 11) is 0. The Kier molecular flexibility index (Phi) is 5.06. The highest BCUT2D eigenvalue weighted by Gasteiger charge is 2.03.